The fourth-order valence-corrected chi connectivity index (χ4v) is 6.23. The fraction of sp³-hybridized carbons (Fsp3) is 0. The van der Waals surface area contributed by atoms with Gasteiger partial charge in [-0.1, -0.05) is 78.9 Å². The lowest BCUT2D eigenvalue weighted by Crippen LogP contribution is -2.02. The Hall–Kier alpha value is -6.21. The van der Waals surface area contributed by atoms with E-state index in [0.29, 0.717) is 5.52 Å². The molecular formula is C37H23N7. The second-order valence-electron chi connectivity index (χ2n) is 10.7. The maximum Gasteiger partial charge on any atom is 0.140 e. The van der Waals surface area contributed by atoms with Crippen LogP contribution in [-0.4, -0.2) is 34.3 Å². The number of hydrogen-bond donors (Lipinski definition) is 0. The number of hydrogen-bond acceptors (Lipinski definition) is 5. The molecule has 9 aromatic rings. The molecule has 0 aliphatic heterocycles. The van der Waals surface area contributed by atoms with Gasteiger partial charge in [-0.3, -0.25) is 14.1 Å². The second-order valence-corrected chi connectivity index (χ2v) is 10.7. The van der Waals surface area contributed by atoms with Gasteiger partial charge < -0.3 is 0 Å². The molecule has 0 fully saturated rings. The summed E-state index contributed by atoms with van der Waals surface area (Å²) in [5, 5.41) is 10.6. The standard InChI is InChI=1S/C37H23N7/c1-3-10-24(11-4-1)26-17-20-38-31(22-26)43-29-15-8-7-14-28(29)33-36(43)37-35(42-41-33)34-30(16-9-19-40-34)44(37)32-23-27(18-21-39-32)25-12-5-2-6-13-25/h1-23H. The summed E-state index contributed by atoms with van der Waals surface area (Å²) in [7, 11) is 0. The zero-order chi connectivity index (χ0) is 29.0. The Bertz CT molecular complexity index is 2320. The van der Waals surface area contributed by atoms with E-state index in [-0.39, 0.29) is 0 Å². The predicted octanol–water partition coefficient (Wildman–Crippen LogP) is 8.19. The molecule has 7 heteroatoms. The lowest BCUT2D eigenvalue weighted by atomic mass is 10.1. The summed E-state index contributed by atoms with van der Waals surface area (Å²) in [5.74, 6) is 1.57. The van der Waals surface area contributed by atoms with E-state index in [1.165, 1.54) is 0 Å². The molecule has 0 bridgehead atoms. The van der Waals surface area contributed by atoms with Gasteiger partial charge in [0.05, 0.1) is 11.0 Å². The average molecular weight is 566 g/mol. The first-order valence-corrected chi connectivity index (χ1v) is 14.4. The normalized spacial score (nSPS) is 11.6. The molecule has 3 aromatic carbocycles. The van der Waals surface area contributed by atoms with Crippen LogP contribution in [0.15, 0.2) is 140 Å². The summed E-state index contributed by atoms with van der Waals surface area (Å²) in [4.78, 5) is 14.6. The van der Waals surface area contributed by atoms with E-state index in [1.807, 2.05) is 67.0 Å². The van der Waals surface area contributed by atoms with Crippen LogP contribution in [0.1, 0.15) is 0 Å². The van der Waals surface area contributed by atoms with E-state index in [9.17, 15) is 0 Å². The molecule has 0 amide bonds. The fourth-order valence-electron chi connectivity index (χ4n) is 6.23. The molecule has 6 heterocycles. The van der Waals surface area contributed by atoms with Crippen LogP contribution in [0.25, 0.3) is 77.9 Å². The molecule has 0 N–H and O–H groups in total. The number of rotatable bonds is 4. The first kappa shape index (κ1) is 24.4. The van der Waals surface area contributed by atoms with Crippen molar-refractivity contribution in [3.05, 3.63) is 140 Å². The molecule has 44 heavy (non-hydrogen) atoms. The van der Waals surface area contributed by atoms with Gasteiger partial charge >= 0.3 is 0 Å². The molecule has 7 nitrogen and oxygen atoms in total. The molecule has 0 atom stereocenters. The van der Waals surface area contributed by atoms with E-state index in [1.54, 1.807) is 6.20 Å². The molecule has 0 aliphatic rings. The summed E-state index contributed by atoms with van der Waals surface area (Å²) in [5.41, 5.74) is 10.4. The summed E-state index contributed by atoms with van der Waals surface area (Å²) in [6.07, 6.45) is 5.52. The van der Waals surface area contributed by atoms with Gasteiger partial charge in [-0.15, -0.1) is 10.2 Å². The summed E-state index contributed by atoms with van der Waals surface area (Å²) >= 11 is 0. The van der Waals surface area contributed by atoms with Gasteiger partial charge in [-0.2, -0.15) is 0 Å². The van der Waals surface area contributed by atoms with Crippen molar-refractivity contribution in [1.82, 2.24) is 34.3 Å². The lowest BCUT2D eigenvalue weighted by molar-refractivity contribution is 1.04. The number of pyridine rings is 3. The zero-order valence-electron chi connectivity index (χ0n) is 23.4. The molecule has 0 radical (unpaired) electrons. The SMILES string of the molecule is c1ccc(-c2ccnc(-n3c4ccccc4c4nnc5c6ncccc6n(-c6cc(-c7ccccc7)ccn6)c5c43)c2)cc1. The predicted molar refractivity (Wildman–Crippen MR) is 175 cm³/mol. The van der Waals surface area contributed by atoms with Crippen molar-refractivity contribution in [2.75, 3.05) is 0 Å². The van der Waals surface area contributed by atoms with Gasteiger partial charge in [0, 0.05) is 24.0 Å². The maximum atomic E-state index is 4.90. The minimum absolute atomic E-state index is 0.711. The first-order valence-electron chi connectivity index (χ1n) is 14.4. The third-order valence-corrected chi connectivity index (χ3v) is 8.19. The number of para-hydroxylation sites is 1. The molecule has 6 aromatic heterocycles. The summed E-state index contributed by atoms with van der Waals surface area (Å²) in [6, 6.07) is 41.3. The molecule has 9 rings (SSSR count). The monoisotopic (exact) mass is 565 g/mol. The van der Waals surface area contributed by atoms with Crippen LogP contribution < -0.4 is 0 Å². The number of nitrogens with zero attached hydrogens (tertiary/aromatic N) is 7. The summed E-state index contributed by atoms with van der Waals surface area (Å²) in [6.45, 7) is 0. The third kappa shape index (κ3) is 3.66. The molecule has 0 saturated heterocycles. The van der Waals surface area contributed by atoms with E-state index in [4.69, 9.17) is 25.1 Å². The smallest absolute Gasteiger partial charge is 0.140 e. The van der Waals surface area contributed by atoms with Crippen LogP contribution >= 0.6 is 0 Å². The van der Waals surface area contributed by atoms with Crippen LogP contribution in [0, 0.1) is 0 Å². The quantitative estimate of drug-likeness (QED) is 0.215. The van der Waals surface area contributed by atoms with Crippen LogP contribution in [0.5, 0.6) is 0 Å². The molecule has 0 unspecified atom stereocenters. The van der Waals surface area contributed by atoms with E-state index < -0.39 is 0 Å². The first-order chi connectivity index (χ1) is 21.8. The number of aromatic nitrogens is 7. The van der Waals surface area contributed by atoms with Crippen LogP contribution in [-0.2, 0) is 0 Å². The van der Waals surface area contributed by atoms with E-state index >= 15 is 0 Å². The third-order valence-electron chi connectivity index (χ3n) is 8.19. The number of benzene rings is 3. The molecular weight excluding hydrogens is 542 g/mol. The average Bonchev–Trinajstić information content (AvgIpc) is 3.62. The van der Waals surface area contributed by atoms with Crippen LogP contribution in [0.2, 0.25) is 0 Å². The van der Waals surface area contributed by atoms with Gasteiger partial charge in [0.25, 0.3) is 0 Å². The van der Waals surface area contributed by atoms with Crippen molar-refractivity contribution >= 4 is 44.0 Å². The van der Waals surface area contributed by atoms with E-state index in [0.717, 1.165) is 72.4 Å². The van der Waals surface area contributed by atoms with Gasteiger partial charge in [-0.25, -0.2) is 9.97 Å². The maximum absolute atomic E-state index is 4.90. The molecule has 0 spiro atoms. The van der Waals surface area contributed by atoms with E-state index in [2.05, 4.69) is 75.9 Å². The van der Waals surface area contributed by atoms with Crippen LogP contribution in [0.3, 0.4) is 0 Å². The number of fused-ring (bicyclic) bond motifs is 7. The Labute approximate surface area is 251 Å². The zero-order valence-corrected chi connectivity index (χ0v) is 23.4. The van der Waals surface area contributed by atoms with Crippen molar-refractivity contribution in [1.29, 1.82) is 0 Å². The Morgan fingerprint density at radius 3 is 1.61 bits per heavy atom. The van der Waals surface area contributed by atoms with Gasteiger partial charge in [0.1, 0.15) is 39.2 Å². The second kappa shape index (κ2) is 9.68. The minimum atomic E-state index is 0.711. The van der Waals surface area contributed by atoms with Crippen molar-refractivity contribution < 1.29 is 0 Å². The Morgan fingerprint density at radius 2 is 0.932 bits per heavy atom. The van der Waals surface area contributed by atoms with Gasteiger partial charge in [0.15, 0.2) is 0 Å². The topological polar surface area (TPSA) is 74.3 Å². The molecule has 206 valence electrons. The van der Waals surface area contributed by atoms with Crippen LogP contribution in [0.4, 0.5) is 0 Å². The Morgan fingerprint density at radius 1 is 0.386 bits per heavy atom. The van der Waals surface area contributed by atoms with Gasteiger partial charge in [-0.05, 0) is 64.7 Å². The van der Waals surface area contributed by atoms with Crippen molar-refractivity contribution in [3.63, 3.8) is 0 Å². The van der Waals surface area contributed by atoms with Crippen molar-refractivity contribution in [3.8, 4) is 33.9 Å². The highest BCUT2D eigenvalue weighted by Crippen LogP contribution is 2.39. The largest absolute Gasteiger partial charge is 0.290 e. The summed E-state index contributed by atoms with van der Waals surface area (Å²) < 4.78 is 4.36. The Kier molecular flexibility index (Phi) is 5.36. The highest BCUT2D eigenvalue weighted by molar-refractivity contribution is 6.19. The van der Waals surface area contributed by atoms with Crippen molar-refractivity contribution in [2.24, 2.45) is 0 Å². The lowest BCUT2D eigenvalue weighted by Gasteiger charge is -2.12. The highest BCUT2D eigenvalue weighted by Gasteiger charge is 2.24. The van der Waals surface area contributed by atoms with Gasteiger partial charge in [0.2, 0.25) is 0 Å². The van der Waals surface area contributed by atoms with Crippen molar-refractivity contribution in [2.45, 2.75) is 0 Å². The molecule has 0 aliphatic carbocycles. The minimum Gasteiger partial charge on any atom is -0.290 e. The molecule has 0 saturated carbocycles. The Balaban J connectivity index is 1.42. The highest BCUT2D eigenvalue weighted by atomic mass is 15.2.